The van der Waals surface area contributed by atoms with Crippen LogP contribution in [0.25, 0.3) is 0 Å². The molecule has 0 aromatic rings. The summed E-state index contributed by atoms with van der Waals surface area (Å²) in [5.74, 6) is -6.92. The molecule has 0 amide bonds. The van der Waals surface area contributed by atoms with E-state index in [-0.39, 0.29) is 118 Å². The Kier molecular flexibility index (Phi) is 30.4. The first-order valence-corrected chi connectivity index (χ1v) is 4.49. The Morgan fingerprint density at radius 1 is 0.864 bits per heavy atom. The molecule has 0 rings (SSSR count). The van der Waals surface area contributed by atoms with Gasteiger partial charge in [-0.3, -0.25) is 10.2 Å². The van der Waals surface area contributed by atoms with Crippen molar-refractivity contribution in [2.45, 2.75) is 24.9 Å². The molecule has 0 aliphatic carbocycles. The molecule has 2 unspecified atom stereocenters. The maximum atomic E-state index is 10.9. The summed E-state index contributed by atoms with van der Waals surface area (Å²) in [6.07, 6.45) is -2.10. The van der Waals surface area contributed by atoms with Crippen LogP contribution in [0, 0.1) is 0 Å². The molecule has 0 bridgehead atoms. The Labute approximate surface area is 213 Å². The number of nitrogens with one attached hydrogen (secondary N) is 1. The largest absolute Gasteiger partial charge is 1.00 e. The molecule has 0 aliphatic rings. The van der Waals surface area contributed by atoms with Crippen molar-refractivity contribution in [2.75, 3.05) is 0 Å². The summed E-state index contributed by atoms with van der Waals surface area (Å²) in [4.78, 5) is 45.1. The molecule has 0 saturated heterocycles. The third-order valence-corrected chi connectivity index (χ3v) is 1.80. The minimum absolute atomic E-state index is 0. The van der Waals surface area contributed by atoms with E-state index in [4.69, 9.17) is 5.26 Å². The van der Waals surface area contributed by atoms with Crippen LogP contribution < -0.4 is 139 Å². The molecule has 0 spiro atoms. The standard InChI is InChI=1S/C8H11NO9.4Na/c10-5(11)1-3(7(14)15)9-4(2-6(12)13)8(16)18-17;;;;/h3-4,9,17H,1-2H2,(H,10,11)(H,12,13)(H,14,15);;;;/q;4*+1/p-3. The van der Waals surface area contributed by atoms with Crippen molar-refractivity contribution in [1.29, 1.82) is 0 Å². The second-order valence-corrected chi connectivity index (χ2v) is 3.15. The average molecular weight is 354 g/mol. The topological polar surface area (TPSA) is 179 Å². The van der Waals surface area contributed by atoms with Crippen LogP contribution in [-0.2, 0) is 24.1 Å². The molecule has 0 fully saturated rings. The maximum absolute atomic E-state index is 10.9. The van der Waals surface area contributed by atoms with E-state index in [1.165, 1.54) is 0 Å². The summed E-state index contributed by atoms with van der Waals surface area (Å²) >= 11 is 0. The van der Waals surface area contributed by atoms with Gasteiger partial charge in [-0.2, -0.15) is 5.26 Å². The Bertz CT molecular complexity index is 368. The fraction of sp³-hybridized carbons (Fsp3) is 0.500. The van der Waals surface area contributed by atoms with Crippen LogP contribution in [0.15, 0.2) is 0 Å². The number of carboxylic acid groups (broad SMARTS) is 3. The summed E-state index contributed by atoms with van der Waals surface area (Å²) in [5, 5.41) is 40.9. The van der Waals surface area contributed by atoms with Crippen LogP contribution in [0.4, 0.5) is 0 Å². The van der Waals surface area contributed by atoms with E-state index < -0.39 is 48.8 Å². The molecule has 0 heterocycles. The third kappa shape index (κ3) is 16.7. The molecule has 2 atom stereocenters. The van der Waals surface area contributed by atoms with Crippen molar-refractivity contribution in [3.8, 4) is 0 Å². The first-order valence-electron chi connectivity index (χ1n) is 4.49. The predicted molar refractivity (Wildman–Crippen MR) is 43.7 cm³/mol. The van der Waals surface area contributed by atoms with E-state index in [1.54, 1.807) is 0 Å². The van der Waals surface area contributed by atoms with Gasteiger partial charge in [0.25, 0.3) is 0 Å². The van der Waals surface area contributed by atoms with E-state index >= 15 is 0 Å². The van der Waals surface area contributed by atoms with Crippen LogP contribution in [-0.4, -0.2) is 41.2 Å². The number of rotatable bonds is 8. The van der Waals surface area contributed by atoms with Gasteiger partial charge in [0, 0.05) is 24.8 Å². The molecular weight excluding hydrogens is 346 g/mol. The zero-order valence-electron chi connectivity index (χ0n) is 12.8. The number of hydrogen-bond acceptors (Lipinski definition) is 10. The van der Waals surface area contributed by atoms with Crippen LogP contribution in [0.2, 0.25) is 0 Å². The van der Waals surface area contributed by atoms with Crippen LogP contribution in [0.5, 0.6) is 0 Å². The Morgan fingerprint density at radius 3 is 1.50 bits per heavy atom. The second kappa shape index (κ2) is 19.1. The smallest absolute Gasteiger partial charge is 0.550 e. The molecule has 14 heteroatoms. The normalized spacial score (nSPS) is 11.0. The molecule has 0 radical (unpaired) electrons. The van der Waals surface area contributed by atoms with Gasteiger partial charge in [-0.1, -0.05) is 0 Å². The number of carboxylic acids is 3. The van der Waals surface area contributed by atoms with Gasteiger partial charge in [0.05, 0.1) is 12.0 Å². The van der Waals surface area contributed by atoms with Gasteiger partial charge in [-0.15, -0.1) is 0 Å². The quantitative estimate of drug-likeness (QED) is 0.241. The summed E-state index contributed by atoms with van der Waals surface area (Å²) in [5.41, 5.74) is 0. The second-order valence-electron chi connectivity index (χ2n) is 3.15. The zero-order valence-corrected chi connectivity index (χ0v) is 20.8. The fourth-order valence-electron chi connectivity index (χ4n) is 1.06. The van der Waals surface area contributed by atoms with Gasteiger partial charge in [0.1, 0.15) is 6.04 Å². The van der Waals surface area contributed by atoms with Gasteiger partial charge < -0.3 is 29.7 Å². The van der Waals surface area contributed by atoms with Gasteiger partial charge in [-0.05, 0) is 0 Å². The predicted octanol–water partition coefficient (Wildman–Crippen LogP) is -17.6. The van der Waals surface area contributed by atoms with Crippen molar-refractivity contribution in [2.24, 2.45) is 0 Å². The van der Waals surface area contributed by atoms with Crippen molar-refractivity contribution < 1.29 is 163 Å². The molecule has 0 aliphatic heterocycles. The van der Waals surface area contributed by atoms with Crippen LogP contribution in [0.1, 0.15) is 12.8 Å². The average Bonchev–Trinajstić information content (AvgIpc) is 2.24. The van der Waals surface area contributed by atoms with E-state index in [0.29, 0.717) is 0 Å². The molecule has 22 heavy (non-hydrogen) atoms. The summed E-state index contributed by atoms with van der Waals surface area (Å²) in [6, 6.07) is -3.69. The van der Waals surface area contributed by atoms with Crippen molar-refractivity contribution >= 4 is 23.9 Å². The summed E-state index contributed by atoms with van der Waals surface area (Å²) in [6.45, 7) is 0. The first-order chi connectivity index (χ1) is 8.27. The summed E-state index contributed by atoms with van der Waals surface area (Å²) < 4.78 is 0. The van der Waals surface area contributed by atoms with Gasteiger partial charge in [0.15, 0.2) is 0 Å². The fourth-order valence-corrected chi connectivity index (χ4v) is 1.06. The van der Waals surface area contributed by atoms with E-state index in [2.05, 4.69) is 4.89 Å². The number of carbonyl (C=O) groups is 4. The monoisotopic (exact) mass is 354 g/mol. The number of aliphatic carboxylic acids is 3. The van der Waals surface area contributed by atoms with Gasteiger partial charge in [-0.25, -0.2) is 4.79 Å². The van der Waals surface area contributed by atoms with E-state index in [1.807, 2.05) is 5.32 Å². The maximum Gasteiger partial charge on any atom is 1.00 e. The minimum atomic E-state index is -1.90. The van der Waals surface area contributed by atoms with E-state index in [9.17, 15) is 34.5 Å². The van der Waals surface area contributed by atoms with Crippen LogP contribution in [0.3, 0.4) is 0 Å². The van der Waals surface area contributed by atoms with Crippen molar-refractivity contribution in [1.82, 2.24) is 5.32 Å². The number of carbonyl (C=O) groups excluding carboxylic acids is 4. The Hall–Kier alpha value is 1.80. The van der Waals surface area contributed by atoms with Crippen LogP contribution >= 0.6 is 0 Å². The van der Waals surface area contributed by atoms with Gasteiger partial charge >= 0.3 is 124 Å². The molecule has 10 nitrogen and oxygen atoms in total. The van der Waals surface area contributed by atoms with Gasteiger partial charge in [0.2, 0.25) is 0 Å². The molecular formula is C8H8NNa4O9+. The van der Waals surface area contributed by atoms with Crippen molar-refractivity contribution in [3.63, 3.8) is 0 Å². The Morgan fingerprint density at radius 2 is 1.23 bits per heavy atom. The third-order valence-electron chi connectivity index (χ3n) is 1.80. The van der Waals surface area contributed by atoms with E-state index in [0.717, 1.165) is 0 Å². The SMILES string of the molecule is O=C([O-])CC(NC(CC(=O)[O-])C(=O)OO)C(=O)[O-].[Na+].[Na+].[Na+].[Na+]. The Balaban J connectivity index is -0.000000241. The zero-order chi connectivity index (χ0) is 14.3. The number of hydrogen-bond donors (Lipinski definition) is 2. The minimum Gasteiger partial charge on any atom is -0.550 e. The molecule has 2 N–H and O–H groups in total. The summed E-state index contributed by atoms with van der Waals surface area (Å²) in [7, 11) is 0. The first kappa shape index (κ1) is 35.0. The molecule has 0 aromatic heterocycles. The molecule has 0 saturated carbocycles. The molecule has 102 valence electrons. The molecule has 0 aromatic carbocycles. The van der Waals surface area contributed by atoms with Crippen molar-refractivity contribution in [3.05, 3.63) is 0 Å².